The summed E-state index contributed by atoms with van der Waals surface area (Å²) >= 11 is 0. The number of nitrogens with one attached hydrogen (secondary N) is 2. The molecule has 13 heavy (non-hydrogen) atoms. The van der Waals surface area contributed by atoms with E-state index in [-0.39, 0.29) is 0 Å². The van der Waals surface area contributed by atoms with Gasteiger partial charge in [0.2, 0.25) is 0 Å². The van der Waals surface area contributed by atoms with Gasteiger partial charge >= 0.3 is 0 Å². The van der Waals surface area contributed by atoms with E-state index in [1.807, 2.05) is 0 Å². The van der Waals surface area contributed by atoms with E-state index in [1.165, 1.54) is 6.33 Å². The number of hydrogen-bond donors (Lipinski definition) is 3. The third kappa shape index (κ3) is 2.21. The molecule has 5 heteroatoms. The normalized spacial score (nSPS) is 9.69. The fourth-order valence-corrected chi connectivity index (χ4v) is 0.979. The second kappa shape index (κ2) is 4.49. The summed E-state index contributed by atoms with van der Waals surface area (Å²) in [5.41, 5.74) is 6.35. The van der Waals surface area contributed by atoms with E-state index in [9.17, 15) is 0 Å². The van der Waals surface area contributed by atoms with Gasteiger partial charge in [0.15, 0.2) is 11.6 Å². The molecule has 0 aliphatic carbocycles. The monoisotopic (exact) mass is 181 g/mol. The molecule has 1 rings (SSSR count). The highest BCUT2D eigenvalue weighted by molar-refractivity contribution is 5.73. The van der Waals surface area contributed by atoms with Crippen molar-refractivity contribution in [2.75, 3.05) is 30.0 Å². The van der Waals surface area contributed by atoms with Gasteiger partial charge in [0.05, 0.1) is 0 Å². The first kappa shape index (κ1) is 9.57. The summed E-state index contributed by atoms with van der Waals surface area (Å²) in [6.07, 6.45) is 2.53. The lowest BCUT2D eigenvalue weighted by Gasteiger charge is -2.09. The van der Waals surface area contributed by atoms with Gasteiger partial charge in [0.1, 0.15) is 12.0 Å². The average molecular weight is 181 g/mol. The zero-order chi connectivity index (χ0) is 9.68. The van der Waals surface area contributed by atoms with E-state index in [0.29, 0.717) is 17.3 Å². The Kier molecular flexibility index (Phi) is 3.31. The Balaban J connectivity index is 2.81. The van der Waals surface area contributed by atoms with Crippen LogP contribution in [0.25, 0.3) is 0 Å². The molecule has 1 aromatic rings. The molecule has 1 heterocycles. The van der Waals surface area contributed by atoms with Crippen molar-refractivity contribution in [2.45, 2.75) is 13.3 Å². The third-order valence-electron chi connectivity index (χ3n) is 1.66. The van der Waals surface area contributed by atoms with E-state index >= 15 is 0 Å². The molecule has 0 fully saturated rings. The van der Waals surface area contributed by atoms with Gasteiger partial charge in [-0.2, -0.15) is 0 Å². The second-order valence-electron chi connectivity index (χ2n) is 2.66. The number of anilines is 3. The molecule has 0 unspecified atom stereocenters. The fraction of sp³-hybridized carbons (Fsp3) is 0.500. The number of hydrogen-bond acceptors (Lipinski definition) is 5. The van der Waals surface area contributed by atoms with Gasteiger partial charge in [-0.3, -0.25) is 0 Å². The third-order valence-corrected chi connectivity index (χ3v) is 1.66. The minimum atomic E-state index is 0.568. The second-order valence-corrected chi connectivity index (χ2v) is 2.66. The molecule has 0 spiro atoms. The lowest BCUT2D eigenvalue weighted by molar-refractivity contribution is 0.966. The highest BCUT2D eigenvalue weighted by Gasteiger charge is 2.04. The lowest BCUT2D eigenvalue weighted by Crippen LogP contribution is -2.08. The molecule has 0 aliphatic heterocycles. The molecule has 72 valence electrons. The largest absolute Gasteiger partial charge is 0.393 e. The number of nitrogen functional groups attached to an aromatic ring is 1. The summed E-state index contributed by atoms with van der Waals surface area (Å²) in [5.74, 6) is 1.36. The first-order valence-corrected chi connectivity index (χ1v) is 4.31. The SMILES string of the molecule is CCCNc1ncnc(NC)c1N. The predicted octanol–water partition coefficient (Wildman–Crippen LogP) is 0.922. The van der Waals surface area contributed by atoms with E-state index in [0.717, 1.165) is 13.0 Å². The summed E-state index contributed by atoms with van der Waals surface area (Å²) in [4.78, 5) is 8.02. The van der Waals surface area contributed by atoms with Gasteiger partial charge in [-0.15, -0.1) is 0 Å². The Morgan fingerprint density at radius 1 is 1.38 bits per heavy atom. The van der Waals surface area contributed by atoms with Crippen molar-refractivity contribution in [3.8, 4) is 0 Å². The van der Waals surface area contributed by atoms with Crippen molar-refractivity contribution in [1.29, 1.82) is 0 Å². The molecule has 0 bridgehead atoms. The number of nitrogens with two attached hydrogens (primary N) is 1. The van der Waals surface area contributed by atoms with Gasteiger partial charge in [0, 0.05) is 13.6 Å². The van der Waals surface area contributed by atoms with Crippen LogP contribution in [0.1, 0.15) is 13.3 Å². The van der Waals surface area contributed by atoms with Gasteiger partial charge in [0.25, 0.3) is 0 Å². The molecule has 1 aromatic heterocycles. The van der Waals surface area contributed by atoms with Crippen LogP contribution in [0, 0.1) is 0 Å². The number of nitrogens with zero attached hydrogens (tertiary/aromatic N) is 2. The van der Waals surface area contributed by atoms with E-state index in [2.05, 4.69) is 27.5 Å². The molecule has 0 atom stereocenters. The topological polar surface area (TPSA) is 75.9 Å². The molecule has 0 saturated carbocycles. The van der Waals surface area contributed by atoms with Crippen molar-refractivity contribution in [2.24, 2.45) is 0 Å². The molecule has 0 saturated heterocycles. The van der Waals surface area contributed by atoms with Gasteiger partial charge < -0.3 is 16.4 Å². The summed E-state index contributed by atoms with van der Waals surface area (Å²) < 4.78 is 0. The van der Waals surface area contributed by atoms with Crippen LogP contribution in [-0.4, -0.2) is 23.6 Å². The van der Waals surface area contributed by atoms with E-state index in [1.54, 1.807) is 7.05 Å². The van der Waals surface area contributed by atoms with Gasteiger partial charge in [-0.1, -0.05) is 6.92 Å². The first-order chi connectivity index (χ1) is 6.29. The Hall–Kier alpha value is -1.52. The van der Waals surface area contributed by atoms with Crippen LogP contribution >= 0.6 is 0 Å². The van der Waals surface area contributed by atoms with Crippen LogP contribution in [0.4, 0.5) is 17.3 Å². The first-order valence-electron chi connectivity index (χ1n) is 4.31. The quantitative estimate of drug-likeness (QED) is 0.644. The molecule has 0 aliphatic rings. The zero-order valence-corrected chi connectivity index (χ0v) is 7.96. The van der Waals surface area contributed by atoms with Crippen molar-refractivity contribution < 1.29 is 0 Å². The molecule has 0 amide bonds. The highest BCUT2D eigenvalue weighted by Crippen LogP contribution is 2.21. The van der Waals surface area contributed by atoms with E-state index in [4.69, 9.17) is 5.73 Å². The Morgan fingerprint density at radius 3 is 2.69 bits per heavy atom. The molecule has 5 nitrogen and oxygen atoms in total. The lowest BCUT2D eigenvalue weighted by atomic mass is 10.4. The van der Waals surface area contributed by atoms with E-state index < -0.39 is 0 Å². The molecule has 0 radical (unpaired) electrons. The summed E-state index contributed by atoms with van der Waals surface area (Å²) in [6.45, 7) is 2.95. The minimum absolute atomic E-state index is 0.568. The summed E-state index contributed by atoms with van der Waals surface area (Å²) in [5, 5.41) is 6.02. The van der Waals surface area contributed by atoms with Crippen LogP contribution in [-0.2, 0) is 0 Å². The van der Waals surface area contributed by atoms with Crippen molar-refractivity contribution >= 4 is 17.3 Å². The summed E-state index contributed by atoms with van der Waals surface area (Å²) in [7, 11) is 1.78. The average Bonchev–Trinajstić information content (AvgIpc) is 2.16. The number of rotatable bonds is 4. The van der Waals surface area contributed by atoms with Crippen LogP contribution in [0.5, 0.6) is 0 Å². The van der Waals surface area contributed by atoms with Gasteiger partial charge in [-0.05, 0) is 6.42 Å². The highest BCUT2D eigenvalue weighted by atomic mass is 15.1. The minimum Gasteiger partial charge on any atom is -0.393 e. The van der Waals surface area contributed by atoms with Crippen LogP contribution in [0.15, 0.2) is 6.33 Å². The molecule has 0 aromatic carbocycles. The molecular formula is C8H15N5. The molecule has 4 N–H and O–H groups in total. The maximum atomic E-state index is 5.78. The van der Waals surface area contributed by atoms with Crippen molar-refractivity contribution in [3.05, 3.63) is 6.33 Å². The maximum Gasteiger partial charge on any atom is 0.154 e. The Labute approximate surface area is 77.8 Å². The predicted molar refractivity (Wildman–Crippen MR) is 54.8 cm³/mol. The number of aromatic nitrogens is 2. The zero-order valence-electron chi connectivity index (χ0n) is 7.96. The van der Waals surface area contributed by atoms with Crippen molar-refractivity contribution in [3.63, 3.8) is 0 Å². The fourth-order valence-electron chi connectivity index (χ4n) is 0.979. The summed E-state index contributed by atoms with van der Waals surface area (Å²) in [6, 6.07) is 0. The van der Waals surface area contributed by atoms with Gasteiger partial charge in [-0.25, -0.2) is 9.97 Å². The molecular weight excluding hydrogens is 166 g/mol. The maximum absolute atomic E-state index is 5.78. The smallest absolute Gasteiger partial charge is 0.154 e. The van der Waals surface area contributed by atoms with Crippen LogP contribution in [0.2, 0.25) is 0 Å². The standard InChI is InChI=1S/C8H15N5/c1-3-4-11-8-6(9)7(10-2)12-5-13-8/h5H,3-4,9H2,1-2H3,(H2,10,11,12,13). The Bertz CT molecular complexity index is 273. The van der Waals surface area contributed by atoms with Crippen LogP contribution in [0.3, 0.4) is 0 Å². The van der Waals surface area contributed by atoms with Crippen LogP contribution < -0.4 is 16.4 Å². The Morgan fingerprint density at radius 2 is 2.08 bits per heavy atom. The van der Waals surface area contributed by atoms with Crippen molar-refractivity contribution in [1.82, 2.24) is 9.97 Å².